The first kappa shape index (κ1) is 16.5. The van der Waals surface area contributed by atoms with E-state index >= 15 is 0 Å². The molecule has 0 heterocycles. The van der Waals surface area contributed by atoms with Gasteiger partial charge in [0.05, 0.1) is 11.4 Å². The van der Waals surface area contributed by atoms with Crippen LogP contribution in [-0.2, 0) is 11.2 Å². The molecule has 0 saturated heterocycles. The first-order chi connectivity index (χ1) is 9.36. The largest absolute Gasteiger partial charge is 0.393 e. The standard InChI is InChI=1S/C14H18F2N2OS/c1-3-18(8-9(2)14(17)20)13(19)7-10-11(15)5-4-6-12(10)16/h4-6,9H,3,7-8H2,1-2H3,(H2,17,20). The number of likely N-dealkylation sites (N-methyl/N-ethyl adjacent to an activating group) is 1. The van der Waals surface area contributed by atoms with E-state index in [1.165, 1.54) is 11.0 Å². The van der Waals surface area contributed by atoms with Crippen LogP contribution in [-0.4, -0.2) is 28.9 Å². The van der Waals surface area contributed by atoms with Crippen molar-refractivity contribution in [3.8, 4) is 0 Å². The minimum atomic E-state index is -0.711. The maximum absolute atomic E-state index is 13.5. The maximum Gasteiger partial charge on any atom is 0.227 e. The molecule has 6 heteroatoms. The minimum absolute atomic E-state index is 0.139. The Labute approximate surface area is 122 Å². The fraction of sp³-hybridized carbons (Fsp3) is 0.429. The Morgan fingerprint density at radius 3 is 2.40 bits per heavy atom. The molecule has 0 aliphatic heterocycles. The van der Waals surface area contributed by atoms with Gasteiger partial charge in [0.25, 0.3) is 0 Å². The van der Waals surface area contributed by atoms with Crippen molar-refractivity contribution in [2.24, 2.45) is 11.7 Å². The quantitative estimate of drug-likeness (QED) is 0.820. The molecular weight excluding hydrogens is 282 g/mol. The van der Waals surface area contributed by atoms with E-state index in [2.05, 4.69) is 0 Å². The normalized spacial score (nSPS) is 12.0. The minimum Gasteiger partial charge on any atom is -0.393 e. The Morgan fingerprint density at radius 1 is 1.40 bits per heavy atom. The molecule has 1 amide bonds. The molecule has 0 bridgehead atoms. The lowest BCUT2D eigenvalue weighted by Gasteiger charge is -2.24. The molecule has 110 valence electrons. The first-order valence-corrected chi connectivity index (χ1v) is 6.77. The molecule has 0 aliphatic rings. The van der Waals surface area contributed by atoms with Crippen molar-refractivity contribution in [1.29, 1.82) is 0 Å². The predicted octanol–water partition coefficient (Wildman–Crippen LogP) is 2.28. The summed E-state index contributed by atoms with van der Waals surface area (Å²) >= 11 is 4.86. The van der Waals surface area contributed by atoms with Crippen LogP contribution in [0.1, 0.15) is 19.4 Å². The zero-order valence-corrected chi connectivity index (χ0v) is 12.3. The number of amides is 1. The number of carbonyl (C=O) groups is 1. The molecule has 0 fully saturated rings. The van der Waals surface area contributed by atoms with E-state index in [-0.39, 0.29) is 23.8 Å². The summed E-state index contributed by atoms with van der Waals surface area (Å²) in [5.41, 5.74) is 5.30. The van der Waals surface area contributed by atoms with E-state index < -0.39 is 11.6 Å². The van der Waals surface area contributed by atoms with Gasteiger partial charge in [0, 0.05) is 24.6 Å². The van der Waals surface area contributed by atoms with Crippen LogP contribution in [0.15, 0.2) is 18.2 Å². The molecule has 0 spiro atoms. The molecule has 2 N–H and O–H groups in total. The monoisotopic (exact) mass is 300 g/mol. The van der Waals surface area contributed by atoms with Crippen LogP contribution in [0.2, 0.25) is 0 Å². The van der Waals surface area contributed by atoms with E-state index in [4.69, 9.17) is 18.0 Å². The average molecular weight is 300 g/mol. The highest BCUT2D eigenvalue weighted by Crippen LogP contribution is 2.14. The van der Waals surface area contributed by atoms with Crippen molar-refractivity contribution in [1.82, 2.24) is 4.90 Å². The molecule has 0 aliphatic carbocycles. The van der Waals surface area contributed by atoms with E-state index in [1.807, 2.05) is 6.92 Å². The number of benzene rings is 1. The van der Waals surface area contributed by atoms with Crippen molar-refractivity contribution in [2.75, 3.05) is 13.1 Å². The molecule has 0 aromatic heterocycles. The number of hydrogen-bond acceptors (Lipinski definition) is 2. The van der Waals surface area contributed by atoms with Gasteiger partial charge in [-0.2, -0.15) is 0 Å². The number of nitrogens with zero attached hydrogens (tertiary/aromatic N) is 1. The van der Waals surface area contributed by atoms with Crippen LogP contribution in [0.25, 0.3) is 0 Å². The third-order valence-corrected chi connectivity index (χ3v) is 3.51. The summed E-state index contributed by atoms with van der Waals surface area (Å²) in [6, 6.07) is 3.55. The summed E-state index contributed by atoms with van der Waals surface area (Å²) in [4.78, 5) is 13.9. The van der Waals surface area contributed by atoms with Gasteiger partial charge < -0.3 is 10.6 Å². The first-order valence-electron chi connectivity index (χ1n) is 6.36. The van der Waals surface area contributed by atoms with Crippen molar-refractivity contribution in [3.05, 3.63) is 35.4 Å². The van der Waals surface area contributed by atoms with E-state index in [1.54, 1.807) is 6.92 Å². The van der Waals surface area contributed by atoms with Crippen LogP contribution in [0.4, 0.5) is 8.78 Å². The molecule has 1 aromatic rings. The van der Waals surface area contributed by atoms with Crippen LogP contribution < -0.4 is 5.73 Å². The van der Waals surface area contributed by atoms with Crippen LogP contribution in [0, 0.1) is 17.6 Å². The highest BCUT2D eigenvalue weighted by Gasteiger charge is 2.19. The van der Waals surface area contributed by atoms with Crippen LogP contribution in [0.5, 0.6) is 0 Å². The van der Waals surface area contributed by atoms with Gasteiger partial charge in [0.15, 0.2) is 0 Å². The molecule has 0 radical (unpaired) electrons. The van der Waals surface area contributed by atoms with Gasteiger partial charge in [-0.15, -0.1) is 0 Å². The Hall–Kier alpha value is -1.56. The molecular formula is C14H18F2N2OS. The smallest absolute Gasteiger partial charge is 0.227 e. The Morgan fingerprint density at radius 2 is 1.95 bits per heavy atom. The molecule has 1 unspecified atom stereocenters. The van der Waals surface area contributed by atoms with Gasteiger partial charge in [-0.1, -0.05) is 25.2 Å². The number of halogens is 2. The number of rotatable bonds is 6. The highest BCUT2D eigenvalue weighted by atomic mass is 32.1. The van der Waals surface area contributed by atoms with Crippen molar-refractivity contribution >= 4 is 23.1 Å². The summed E-state index contributed by atoms with van der Waals surface area (Å²) in [7, 11) is 0. The third-order valence-electron chi connectivity index (χ3n) is 3.10. The second-order valence-corrected chi connectivity index (χ2v) is 5.08. The second kappa shape index (κ2) is 7.28. The number of hydrogen-bond donors (Lipinski definition) is 1. The lowest BCUT2D eigenvalue weighted by atomic mass is 10.1. The third kappa shape index (κ3) is 4.23. The molecule has 1 aromatic carbocycles. The predicted molar refractivity (Wildman–Crippen MR) is 78.3 cm³/mol. The van der Waals surface area contributed by atoms with Gasteiger partial charge in [0.1, 0.15) is 11.6 Å². The maximum atomic E-state index is 13.5. The van der Waals surface area contributed by atoms with Gasteiger partial charge in [-0.25, -0.2) is 8.78 Å². The molecule has 0 saturated carbocycles. The topological polar surface area (TPSA) is 46.3 Å². The zero-order valence-electron chi connectivity index (χ0n) is 11.5. The number of nitrogens with two attached hydrogens (primary N) is 1. The van der Waals surface area contributed by atoms with E-state index in [0.717, 1.165) is 12.1 Å². The zero-order chi connectivity index (χ0) is 15.3. The fourth-order valence-electron chi connectivity index (χ4n) is 1.79. The van der Waals surface area contributed by atoms with Gasteiger partial charge >= 0.3 is 0 Å². The van der Waals surface area contributed by atoms with Gasteiger partial charge in [0.2, 0.25) is 5.91 Å². The summed E-state index contributed by atoms with van der Waals surface area (Å²) in [5.74, 6) is -1.91. The lowest BCUT2D eigenvalue weighted by molar-refractivity contribution is -0.130. The Bertz CT molecular complexity index is 488. The van der Waals surface area contributed by atoms with E-state index in [9.17, 15) is 13.6 Å². The van der Waals surface area contributed by atoms with Crippen LogP contribution in [0.3, 0.4) is 0 Å². The lowest BCUT2D eigenvalue weighted by Crippen LogP contribution is -2.39. The van der Waals surface area contributed by atoms with E-state index in [0.29, 0.717) is 18.1 Å². The molecule has 3 nitrogen and oxygen atoms in total. The fourth-order valence-corrected chi connectivity index (χ4v) is 1.87. The van der Waals surface area contributed by atoms with Gasteiger partial charge in [-0.05, 0) is 19.1 Å². The van der Waals surface area contributed by atoms with Crippen molar-refractivity contribution in [3.63, 3.8) is 0 Å². The summed E-state index contributed by atoms with van der Waals surface area (Å²) < 4.78 is 27.0. The number of thiocarbonyl (C=S) groups is 1. The van der Waals surface area contributed by atoms with Crippen molar-refractivity contribution < 1.29 is 13.6 Å². The number of carbonyl (C=O) groups excluding carboxylic acids is 1. The SMILES string of the molecule is CCN(CC(C)C(N)=S)C(=O)Cc1c(F)cccc1F. The highest BCUT2D eigenvalue weighted by molar-refractivity contribution is 7.80. The van der Waals surface area contributed by atoms with Crippen LogP contribution >= 0.6 is 12.2 Å². The van der Waals surface area contributed by atoms with Crippen molar-refractivity contribution in [2.45, 2.75) is 20.3 Å². The summed E-state index contributed by atoms with van der Waals surface area (Å²) in [5, 5.41) is 0. The molecule has 20 heavy (non-hydrogen) atoms. The van der Waals surface area contributed by atoms with Gasteiger partial charge in [-0.3, -0.25) is 4.79 Å². The average Bonchev–Trinajstić information content (AvgIpc) is 2.39. The summed E-state index contributed by atoms with van der Waals surface area (Å²) in [6.45, 7) is 4.38. The Balaban J connectivity index is 2.80. The second-order valence-electron chi connectivity index (χ2n) is 4.61. The molecule has 1 atom stereocenters. The summed E-state index contributed by atoms with van der Waals surface area (Å²) in [6.07, 6.45) is -0.309. The Kier molecular flexibility index (Phi) is 6.01. The molecule has 1 rings (SSSR count).